The lowest BCUT2D eigenvalue weighted by atomic mass is 9.66. The van der Waals surface area contributed by atoms with Crippen molar-refractivity contribution in [1.29, 1.82) is 0 Å². The number of aliphatic hydroxyl groups is 1. The van der Waals surface area contributed by atoms with Crippen molar-refractivity contribution in [3.63, 3.8) is 0 Å². The predicted octanol–water partition coefficient (Wildman–Crippen LogP) is 2.40. The summed E-state index contributed by atoms with van der Waals surface area (Å²) in [5, 5.41) is 11.7. The van der Waals surface area contributed by atoms with Gasteiger partial charge in [-0.05, 0) is 37.9 Å². The first-order valence-electron chi connectivity index (χ1n) is 9.32. The molecule has 1 saturated heterocycles. The number of benzene rings is 1. The van der Waals surface area contributed by atoms with Crippen LogP contribution >= 0.6 is 0 Å². The number of hydrogen-bond acceptors (Lipinski definition) is 4. The van der Waals surface area contributed by atoms with E-state index in [9.17, 15) is 9.90 Å². The number of rotatable bonds is 2. The van der Waals surface area contributed by atoms with Crippen LogP contribution in [0.3, 0.4) is 0 Å². The quantitative estimate of drug-likeness (QED) is 0.642. The van der Waals surface area contributed by atoms with Gasteiger partial charge < -0.3 is 14.8 Å². The number of nitrogens with one attached hydrogen (secondary N) is 1. The summed E-state index contributed by atoms with van der Waals surface area (Å²) in [5.74, 6) is -0.418. The molecule has 1 unspecified atom stereocenters. The molecule has 2 bridgehead atoms. The van der Waals surface area contributed by atoms with Crippen LogP contribution in [0.1, 0.15) is 24.6 Å². The van der Waals surface area contributed by atoms with Gasteiger partial charge in [0.25, 0.3) is 0 Å². The molecule has 0 aliphatic carbocycles. The molecule has 2 N–H and O–H groups in total. The van der Waals surface area contributed by atoms with E-state index in [0.717, 1.165) is 54.6 Å². The molecule has 0 saturated carbocycles. The highest BCUT2D eigenvalue weighted by Crippen LogP contribution is 2.45. The number of hydrogen-bond donors (Lipinski definition) is 2. The summed E-state index contributed by atoms with van der Waals surface area (Å²) >= 11 is 0. The Morgan fingerprint density at radius 1 is 1.42 bits per heavy atom. The first-order valence-corrected chi connectivity index (χ1v) is 9.32. The van der Waals surface area contributed by atoms with Gasteiger partial charge in [0.1, 0.15) is 5.41 Å². The second kappa shape index (κ2) is 6.56. The zero-order chi connectivity index (χ0) is 18.3. The van der Waals surface area contributed by atoms with Gasteiger partial charge in [-0.2, -0.15) is 0 Å². The first kappa shape index (κ1) is 17.3. The van der Waals surface area contributed by atoms with Crippen LogP contribution in [-0.2, 0) is 21.4 Å². The SMILES string of the molecule is C/C=C1/CN2CCc3c([nH]c4ccccc34)[C@](CO)(C(=O)OC)[C@@H]1CC2. The van der Waals surface area contributed by atoms with Gasteiger partial charge in [0.2, 0.25) is 0 Å². The second-order valence-electron chi connectivity index (χ2n) is 7.38. The largest absolute Gasteiger partial charge is 0.468 e. The molecule has 138 valence electrons. The fraction of sp³-hybridized carbons (Fsp3) is 0.476. The minimum Gasteiger partial charge on any atom is -0.468 e. The first-order chi connectivity index (χ1) is 12.7. The molecule has 3 atom stereocenters. The number of aliphatic hydroxyl groups excluding tert-OH is 1. The number of aromatic nitrogens is 1. The molecule has 5 heteroatoms. The third kappa shape index (κ3) is 2.34. The Bertz CT molecular complexity index is 869. The molecule has 4 heterocycles. The lowest BCUT2D eigenvalue weighted by Crippen LogP contribution is -2.52. The molecule has 5 nitrogen and oxygen atoms in total. The molecule has 1 fully saturated rings. The monoisotopic (exact) mass is 354 g/mol. The molecule has 1 aromatic carbocycles. The molecule has 1 aromatic heterocycles. The van der Waals surface area contributed by atoms with E-state index in [0.29, 0.717) is 0 Å². The summed E-state index contributed by atoms with van der Waals surface area (Å²) in [6.07, 6.45) is 3.80. The minimum atomic E-state index is -1.08. The van der Waals surface area contributed by atoms with E-state index in [1.807, 2.05) is 25.1 Å². The Morgan fingerprint density at radius 3 is 2.96 bits per heavy atom. The van der Waals surface area contributed by atoms with Crippen LogP contribution in [0.4, 0.5) is 0 Å². The summed E-state index contributed by atoms with van der Waals surface area (Å²) in [6.45, 7) is 4.49. The smallest absolute Gasteiger partial charge is 0.320 e. The average molecular weight is 354 g/mol. The number of esters is 1. The number of carbonyl (C=O) groups is 1. The zero-order valence-electron chi connectivity index (χ0n) is 15.4. The van der Waals surface area contributed by atoms with Crippen LogP contribution in [0.5, 0.6) is 0 Å². The van der Waals surface area contributed by atoms with Gasteiger partial charge in [-0.25, -0.2) is 0 Å². The van der Waals surface area contributed by atoms with Crippen molar-refractivity contribution in [2.45, 2.75) is 25.2 Å². The molecule has 0 spiro atoms. The van der Waals surface area contributed by atoms with Crippen LogP contribution in [-0.4, -0.2) is 54.3 Å². The summed E-state index contributed by atoms with van der Waals surface area (Å²) in [5.41, 5.74) is 3.10. The van der Waals surface area contributed by atoms with E-state index in [1.54, 1.807) is 0 Å². The number of methoxy groups -OCH3 is 1. The van der Waals surface area contributed by atoms with Crippen LogP contribution in [0, 0.1) is 5.92 Å². The van der Waals surface area contributed by atoms with E-state index >= 15 is 0 Å². The van der Waals surface area contributed by atoms with Gasteiger partial charge in [-0.3, -0.25) is 9.69 Å². The summed E-state index contributed by atoms with van der Waals surface area (Å²) in [4.78, 5) is 19.1. The standard InChI is InChI=1S/C21H26N2O3/c1-3-14-12-23-10-8-16-15-6-4-5-7-18(15)22-19(16)21(13-24,20(25)26-2)17(14)9-11-23/h3-7,17,22,24H,8-13H2,1-2H3/b14-3-/t17-,21-/m1/s1. The highest BCUT2D eigenvalue weighted by molar-refractivity contribution is 5.91. The van der Waals surface area contributed by atoms with Gasteiger partial charge in [0.05, 0.1) is 13.7 Å². The Morgan fingerprint density at radius 2 is 2.23 bits per heavy atom. The topological polar surface area (TPSA) is 65.6 Å². The molecule has 3 aliphatic rings. The Labute approximate surface area is 153 Å². The van der Waals surface area contributed by atoms with E-state index < -0.39 is 5.41 Å². The van der Waals surface area contributed by atoms with Crippen molar-refractivity contribution >= 4 is 16.9 Å². The molecular weight excluding hydrogens is 328 g/mol. The zero-order valence-corrected chi connectivity index (χ0v) is 15.4. The van der Waals surface area contributed by atoms with Crippen LogP contribution < -0.4 is 0 Å². The Hall–Kier alpha value is -2.11. The van der Waals surface area contributed by atoms with E-state index in [-0.39, 0.29) is 18.5 Å². The van der Waals surface area contributed by atoms with Crippen LogP contribution in [0.2, 0.25) is 0 Å². The number of nitrogens with zero attached hydrogens (tertiary/aromatic N) is 1. The molecule has 3 aliphatic heterocycles. The second-order valence-corrected chi connectivity index (χ2v) is 7.38. The van der Waals surface area contributed by atoms with Gasteiger partial charge in [-0.15, -0.1) is 0 Å². The van der Waals surface area contributed by atoms with E-state index in [1.165, 1.54) is 12.7 Å². The maximum Gasteiger partial charge on any atom is 0.320 e. The number of ether oxygens (including phenoxy) is 1. The molecular formula is C21H26N2O3. The number of carbonyl (C=O) groups excluding carboxylic acids is 1. The summed E-state index contributed by atoms with van der Waals surface area (Å²) in [7, 11) is 1.42. The third-order valence-electron chi connectivity index (χ3n) is 6.29. The molecule has 2 aromatic rings. The van der Waals surface area contributed by atoms with Crippen molar-refractivity contribution < 1.29 is 14.6 Å². The number of allylic oxidation sites excluding steroid dienone is 1. The lowest BCUT2D eigenvalue weighted by molar-refractivity contribution is -0.152. The maximum absolute atomic E-state index is 13.1. The summed E-state index contributed by atoms with van der Waals surface area (Å²) in [6, 6.07) is 8.14. The number of H-pyrrole nitrogens is 1. The fourth-order valence-electron chi connectivity index (χ4n) is 4.96. The van der Waals surface area contributed by atoms with Gasteiger partial charge in [-0.1, -0.05) is 29.8 Å². The van der Waals surface area contributed by atoms with E-state index in [4.69, 9.17) is 4.74 Å². The predicted molar refractivity (Wildman–Crippen MR) is 101 cm³/mol. The van der Waals surface area contributed by atoms with Crippen molar-refractivity contribution in [3.8, 4) is 0 Å². The Balaban J connectivity index is 2.05. The number of fused-ring (bicyclic) bond motifs is 4. The highest BCUT2D eigenvalue weighted by Gasteiger charge is 2.53. The normalized spacial score (nSPS) is 29.9. The third-order valence-corrected chi connectivity index (χ3v) is 6.29. The molecule has 26 heavy (non-hydrogen) atoms. The molecule has 0 radical (unpaired) electrons. The summed E-state index contributed by atoms with van der Waals surface area (Å²) < 4.78 is 5.26. The van der Waals surface area contributed by atoms with Gasteiger partial charge in [0, 0.05) is 35.6 Å². The van der Waals surface area contributed by atoms with Gasteiger partial charge in [0.15, 0.2) is 0 Å². The van der Waals surface area contributed by atoms with Crippen molar-refractivity contribution in [1.82, 2.24) is 9.88 Å². The maximum atomic E-state index is 13.1. The van der Waals surface area contributed by atoms with Crippen molar-refractivity contribution in [2.24, 2.45) is 5.92 Å². The fourth-order valence-corrected chi connectivity index (χ4v) is 4.96. The Kier molecular flexibility index (Phi) is 4.37. The minimum absolute atomic E-state index is 0.0638. The number of para-hydroxylation sites is 1. The van der Waals surface area contributed by atoms with Crippen molar-refractivity contribution in [3.05, 3.63) is 47.2 Å². The molecule has 0 amide bonds. The van der Waals surface area contributed by atoms with Crippen LogP contribution in [0.25, 0.3) is 10.9 Å². The van der Waals surface area contributed by atoms with Crippen LogP contribution in [0.15, 0.2) is 35.9 Å². The lowest BCUT2D eigenvalue weighted by Gasteiger charge is -2.42. The number of aromatic amines is 1. The average Bonchev–Trinajstić information content (AvgIpc) is 3.09. The van der Waals surface area contributed by atoms with Gasteiger partial charge >= 0.3 is 5.97 Å². The highest BCUT2D eigenvalue weighted by atomic mass is 16.5. The van der Waals surface area contributed by atoms with Crippen molar-refractivity contribution in [2.75, 3.05) is 33.4 Å². The van der Waals surface area contributed by atoms with E-state index in [2.05, 4.69) is 22.0 Å². The number of piperidine rings is 1. The molecule has 5 rings (SSSR count).